The number of hydrogen-bond donors (Lipinski definition) is 2. The molecule has 1 aliphatic carbocycles. The summed E-state index contributed by atoms with van der Waals surface area (Å²) in [4.78, 5) is 9.57. The molecule has 2 fully saturated rings. The van der Waals surface area contributed by atoms with Gasteiger partial charge in [-0.1, -0.05) is 26.2 Å². The average Bonchev–Trinajstić information content (AvgIpc) is 2.99. The van der Waals surface area contributed by atoms with E-state index in [0.29, 0.717) is 12.6 Å². The van der Waals surface area contributed by atoms with Crippen LogP contribution >= 0.6 is 24.0 Å². The maximum atomic E-state index is 10.7. The van der Waals surface area contributed by atoms with Gasteiger partial charge in [0.15, 0.2) is 5.96 Å². The number of rotatable bonds is 6. The van der Waals surface area contributed by atoms with Gasteiger partial charge in [0, 0.05) is 26.2 Å². The van der Waals surface area contributed by atoms with Crippen molar-refractivity contribution in [2.45, 2.75) is 70.4 Å². The van der Waals surface area contributed by atoms with Gasteiger partial charge in [0.1, 0.15) is 0 Å². The van der Waals surface area contributed by atoms with E-state index in [4.69, 9.17) is 4.99 Å². The smallest absolute Gasteiger partial charge is 0.193 e. The highest BCUT2D eigenvalue weighted by molar-refractivity contribution is 14.0. The van der Waals surface area contributed by atoms with Gasteiger partial charge in [-0.3, -0.25) is 9.89 Å². The first-order chi connectivity index (χ1) is 11.1. The number of halogens is 1. The maximum Gasteiger partial charge on any atom is 0.193 e. The molecule has 1 unspecified atom stereocenters. The van der Waals surface area contributed by atoms with Crippen LogP contribution in [0.15, 0.2) is 4.99 Å². The van der Waals surface area contributed by atoms with Crippen LogP contribution in [0.4, 0.5) is 0 Å². The van der Waals surface area contributed by atoms with Gasteiger partial charge in [-0.05, 0) is 45.7 Å². The highest BCUT2D eigenvalue weighted by Crippen LogP contribution is 2.28. The van der Waals surface area contributed by atoms with Gasteiger partial charge >= 0.3 is 0 Å². The fourth-order valence-electron chi connectivity index (χ4n) is 3.98. The number of nitrogens with zero attached hydrogens (tertiary/aromatic N) is 3. The summed E-state index contributed by atoms with van der Waals surface area (Å²) in [5, 5.41) is 14.1. The molecule has 0 bridgehead atoms. The van der Waals surface area contributed by atoms with E-state index in [9.17, 15) is 5.11 Å². The summed E-state index contributed by atoms with van der Waals surface area (Å²) >= 11 is 0. The molecule has 1 atom stereocenters. The predicted octanol–water partition coefficient (Wildman–Crippen LogP) is 2.68. The van der Waals surface area contributed by atoms with E-state index in [0.717, 1.165) is 51.3 Å². The zero-order valence-corrected chi connectivity index (χ0v) is 18.1. The summed E-state index contributed by atoms with van der Waals surface area (Å²) in [6, 6.07) is 0.631. The fourth-order valence-corrected chi connectivity index (χ4v) is 3.98. The van der Waals surface area contributed by atoms with Gasteiger partial charge in [0.2, 0.25) is 0 Å². The van der Waals surface area contributed by atoms with Gasteiger partial charge in [-0.25, -0.2) is 0 Å². The molecule has 6 heteroatoms. The minimum atomic E-state index is -0.581. The Labute approximate surface area is 165 Å². The van der Waals surface area contributed by atoms with Crippen LogP contribution in [0.3, 0.4) is 0 Å². The third kappa shape index (κ3) is 6.33. The standard InChI is InChI=1S/C18H36N4O.HI/c1-4-19-17(20-15-18(23)11-7-6-8-12-18)21(3)14-16-10-9-13-22(16)5-2;/h16,23H,4-15H2,1-3H3,(H,19,20);1H. The monoisotopic (exact) mass is 452 g/mol. The molecule has 0 amide bonds. The minimum Gasteiger partial charge on any atom is -0.388 e. The largest absolute Gasteiger partial charge is 0.388 e. The molecular formula is C18H37IN4O. The van der Waals surface area contributed by atoms with Crippen molar-refractivity contribution in [3.05, 3.63) is 0 Å². The van der Waals surface area contributed by atoms with Crippen LogP contribution in [-0.2, 0) is 0 Å². The molecular weight excluding hydrogens is 415 g/mol. The molecule has 0 spiro atoms. The van der Waals surface area contributed by atoms with Crippen LogP contribution in [0.25, 0.3) is 0 Å². The molecule has 1 saturated carbocycles. The van der Waals surface area contributed by atoms with E-state index in [2.05, 4.69) is 36.0 Å². The average molecular weight is 452 g/mol. The zero-order valence-electron chi connectivity index (χ0n) is 15.8. The van der Waals surface area contributed by atoms with Gasteiger partial charge < -0.3 is 15.3 Å². The van der Waals surface area contributed by atoms with E-state index in [1.165, 1.54) is 25.8 Å². The molecule has 1 heterocycles. The van der Waals surface area contributed by atoms with Crippen molar-refractivity contribution in [3.63, 3.8) is 0 Å². The molecule has 2 aliphatic rings. The lowest BCUT2D eigenvalue weighted by molar-refractivity contribution is 0.0130. The van der Waals surface area contributed by atoms with Gasteiger partial charge in [0.05, 0.1) is 12.1 Å². The summed E-state index contributed by atoms with van der Waals surface area (Å²) in [5.74, 6) is 0.939. The Hall–Kier alpha value is -0.0800. The predicted molar refractivity (Wildman–Crippen MR) is 112 cm³/mol. The lowest BCUT2D eigenvalue weighted by atomic mass is 9.85. The van der Waals surface area contributed by atoms with E-state index in [1.807, 2.05) is 0 Å². The Morgan fingerprint density at radius 1 is 1.25 bits per heavy atom. The molecule has 1 aliphatic heterocycles. The van der Waals surface area contributed by atoms with E-state index in [-0.39, 0.29) is 24.0 Å². The molecule has 1 saturated heterocycles. The lowest BCUT2D eigenvalue weighted by Gasteiger charge is -2.32. The van der Waals surface area contributed by atoms with Crippen molar-refractivity contribution < 1.29 is 5.11 Å². The van der Waals surface area contributed by atoms with Crippen molar-refractivity contribution in [1.29, 1.82) is 0 Å². The second-order valence-corrected chi connectivity index (χ2v) is 7.26. The quantitative estimate of drug-likeness (QED) is 0.370. The van der Waals surface area contributed by atoms with Crippen molar-refractivity contribution in [3.8, 4) is 0 Å². The fraction of sp³-hybridized carbons (Fsp3) is 0.944. The van der Waals surface area contributed by atoms with Crippen LogP contribution in [0, 0.1) is 0 Å². The Morgan fingerprint density at radius 2 is 1.96 bits per heavy atom. The van der Waals surface area contributed by atoms with Crippen LogP contribution in [0.2, 0.25) is 0 Å². The number of aliphatic imine (C=N–C) groups is 1. The van der Waals surface area contributed by atoms with E-state index < -0.39 is 5.60 Å². The Bertz CT molecular complexity index is 385. The molecule has 2 rings (SSSR count). The molecule has 2 N–H and O–H groups in total. The van der Waals surface area contributed by atoms with E-state index in [1.54, 1.807) is 0 Å². The SMILES string of the molecule is CCNC(=NCC1(O)CCCCC1)N(C)CC1CCCN1CC.I. The first kappa shape index (κ1) is 22.0. The summed E-state index contributed by atoms with van der Waals surface area (Å²) in [7, 11) is 2.12. The molecule has 142 valence electrons. The summed E-state index contributed by atoms with van der Waals surface area (Å²) in [5.41, 5.74) is -0.581. The molecule has 0 radical (unpaired) electrons. The minimum absolute atomic E-state index is 0. The topological polar surface area (TPSA) is 51.1 Å². The molecule has 0 aromatic carbocycles. The molecule has 5 nitrogen and oxygen atoms in total. The summed E-state index contributed by atoms with van der Waals surface area (Å²) < 4.78 is 0. The molecule has 24 heavy (non-hydrogen) atoms. The number of guanidine groups is 1. The highest BCUT2D eigenvalue weighted by Gasteiger charge is 2.29. The number of aliphatic hydroxyl groups is 1. The number of likely N-dealkylation sites (tertiary alicyclic amines) is 1. The third-order valence-corrected chi connectivity index (χ3v) is 5.39. The van der Waals surface area contributed by atoms with Crippen molar-refractivity contribution in [2.24, 2.45) is 4.99 Å². The number of hydrogen-bond acceptors (Lipinski definition) is 3. The Kier molecular flexibility index (Phi) is 9.89. The van der Waals surface area contributed by atoms with Gasteiger partial charge in [-0.2, -0.15) is 0 Å². The van der Waals surface area contributed by atoms with Crippen molar-refractivity contribution >= 4 is 29.9 Å². The normalized spacial score (nSPS) is 24.5. The highest BCUT2D eigenvalue weighted by atomic mass is 127. The summed E-state index contributed by atoms with van der Waals surface area (Å²) in [6.07, 6.45) is 7.89. The number of nitrogens with one attached hydrogen (secondary N) is 1. The number of likely N-dealkylation sites (N-methyl/N-ethyl adjacent to an activating group) is 2. The van der Waals surface area contributed by atoms with E-state index >= 15 is 0 Å². The van der Waals surface area contributed by atoms with Crippen LogP contribution in [-0.4, -0.2) is 72.3 Å². The van der Waals surface area contributed by atoms with Gasteiger partial charge in [-0.15, -0.1) is 24.0 Å². The molecule has 0 aromatic heterocycles. The maximum absolute atomic E-state index is 10.7. The van der Waals surface area contributed by atoms with Crippen molar-refractivity contribution in [1.82, 2.24) is 15.1 Å². The van der Waals surface area contributed by atoms with Crippen LogP contribution < -0.4 is 5.32 Å². The second kappa shape index (κ2) is 10.8. The van der Waals surface area contributed by atoms with Crippen LogP contribution in [0.1, 0.15) is 58.8 Å². The van der Waals surface area contributed by atoms with Crippen LogP contribution in [0.5, 0.6) is 0 Å². The van der Waals surface area contributed by atoms with Crippen molar-refractivity contribution in [2.75, 3.05) is 39.8 Å². The van der Waals surface area contributed by atoms with Gasteiger partial charge in [0.25, 0.3) is 0 Å². The lowest BCUT2D eigenvalue weighted by Crippen LogP contribution is -2.46. The summed E-state index contributed by atoms with van der Waals surface area (Å²) in [6.45, 7) is 9.11. The Balaban J connectivity index is 0.00000288. The Morgan fingerprint density at radius 3 is 2.58 bits per heavy atom. The second-order valence-electron chi connectivity index (χ2n) is 7.26. The first-order valence-corrected chi connectivity index (χ1v) is 9.54. The third-order valence-electron chi connectivity index (χ3n) is 5.39. The first-order valence-electron chi connectivity index (χ1n) is 9.54. The zero-order chi connectivity index (χ0) is 16.7. The molecule has 0 aromatic rings.